The third-order valence-electron chi connectivity index (χ3n) is 3.76. The molecule has 0 aliphatic carbocycles. The lowest BCUT2D eigenvalue weighted by atomic mass is 9.99. The van der Waals surface area contributed by atoms with Crippen molar-refractivity contribution < 1.29 is 0 Å². The summed E-state index contributed by atoms with van der Waals surface area (Å²) in [6, 6.07) is 1.37. The lowest BCUT2D eigenvalue weighted by Crippen LogP contribution is -2.35. The highest BCUT2D eigenvalue weighted by molar-refractivity contribution is 4.69. The van der Waals surface area contributed by atoms with Crippen LogP contribution in [0, 0.1) is 5.92 Å². The van der Waals surface area contributed by atoms with Gasteiger partial charge in [-0.3, -0.25) is 0 Å². The molecule has 0 aromatic heterocycles. The fourth-order valence-electron chi connectivity index (χ4n) is 2.46. The van der Waals surface area contributed by atoms with Crippen LogP contribution in [-0.2, 0) is 0 Å². The van der Waals surface area contributed by atoms with Crippen LogP contribution in [0.4, 0.5) is 0 Å². The van der Waals surface area contributed by atoms with E-state index in [2.05, 4.69) is 39.9 Å². The first-order valence-electron chi connectivity index (χ1n) is 7.86. The molecule has 3 unspecified atom stereocenters. The van der Waals surface area contributed by atoms with Gasteiger partial charge in [-0.1, -0.05) is 59.3 Å². The van der Waals surface area contributed by atoms with Crippen LogP contribution >= 0.6 is 0 Å². The van der Waals surface area contributed by atoms with E-state index in [9.17, 15) is 0 Å². The summed E-state index contributed by atoms with van der Waals surface area (Å²) >= 11 is 0. The minimum atomic E-state index is 0.676. The number of hydrogen-bond donors (Lipinski definition) is 1. The molecule has 0 amide bonds. The molecule has 0 aliphatic heterocycles. The highest BCUT2D eigenvalue weighted by atomic mass is 14.9. The molecule has 0 heterocycles. The zero-order valence-electron chi connectivity index (χ0n) is 12.9. The molecule has 0 fully saturated rings. The van der Waals surface area contributed by atoms with Crippen molar-refractivity contribution in [3.63, 3.8) is 0 Å². The van der Waals surface area contributed by atoms with E-state index in [0.29, 0.717) is 12.1 Å². The van der Waals surface area contributed by atoms with Gasteiger partial charge in [0, 0.05) is 12.1 Å². The molecule has 0 aromatic carbocycles. The number of nitrogens with one attached hydrogen (secondary N) is 1. The second kappa shape index (κ2) is 11.1. The van der Waals surface area contributed by atoms with E-state index in [-0.39, 0.29) is 0 Å². The zero-order valence-corrected chi connectivity index (χ0v) is 12.9. The first-order chi connectivity index (χ1) is 8.10. The predicted molar refractivity (Wildman–Crippen MR) is 79.5 cm³/mol. The van der Waals surface area contributed by atoms with Gasteiger partial charge in [-0.15, -0.1) is 0 Å². The summed E-state index contributed by atoms with van der Waals surface area (Å²) in [7, 11) is 0. The third kappa shape index (κ3) is 10.8. The number of hydrogen-bond acceptors (Lipinski definition) is 1. The summed E-state index contributed by atoms with van der Waals surface area (Å²) in [5.41, 5.74) is 0. The van der Waals surface area contributed by atoms with Gasteiger partial charge in [0.25, 0.3) is 0 Å². The van der Waals surface area contributed by atoms with Crippen LogP contribution in [0.25, 0.3) is 0 Å². The number of unbranched alkanes of at least 4 members (excludes halogenated alkanes) is 4. The highest BCUT2D eigenvalue weighted by Crippen LogP contribution is 2.12. The van der Waals surface area contributed by atoms with Crippen molar-refractivity contribution in [2.45, 2.75) is 98.1 Å². The zero-order chi connectivity index (χ0) is 13.1. The molecule has 0 spiro atoms. The monoisotopic (exact) mass is 241 g/mol. The van der Waals surface area contributed by atoms with E-state index in [1.807, 2.05) is 0 Å². The third-order valence-corrected chi connectivity index (χ3v) is 3.76. The Labute approximate surface area is 110 Å². The maximum Gasteiger partial charge on any atom is 0.00437 e. The smallest absolute Gasteiger partial charge is 0.00437 e. The molecule has 0 bridgehead atoms. The minimum absolute atomic E-state index is 0.676. The molecule has 1 heteroatoms. The van der Waals surface area contributed by atoms with Crippen molar-refractivity contribution in [1.82, 2.24) is 5.32 Å². The van der Waals surface area contributed by atoms with Crippen LogP contribution in [0.2, 0.25) is 0 Å². The van der Waals surface area contributed by atoms with Crippen molar-refractivity contribution >= 4 is 0 Å². The summed E-state index contributed by atoms with van der Waals surface area (Å²) in [5.74, 6) is 0.856. The second-order valence-corrected chi connectivity index (χ2v) is 5.92. The van der Waals surface area contributed by atoms with Crippen LogP contribution < -0.4 is 5.32 Å². The average molecular weight is 241 g/mol. The Kier molecular flexibility index (Phi) is 11.0. The predicted octanol–water partition coefficient (Wildman–Crippen LogP) is 5.15. The Morgan fingerprint density at radius 2 is 1.47 bits per heavy atom. The molecule has 0 saturated heterocycles. The van der Waals surface area contributed by atoms with Gasteiger partial charge in [-0.2, -0.15) is 0 Å². The molecular formula is C16H35N. The Morgan fingerprint density at radius 3 is 2.06 bits per heavy atom. The van der Waals surface area contributed by atoms with E-state index in [1.165, 1.54) is 51.4 Å². The Hall–Kier alpha value is -0.0400. The Balaban J connectivity index is 3.46. The molecule has 1 N–H and O–H groups in total. The summed E-state index contributed by atoms with van der Waals surface area (Å²) in [4.78, 5) is 0. The largest absolute Gasteiger partial charge is 0.312 e. The van der Waals surface area contributed by atoms with Gasteiger partial charge in [0.05, 0.1) is 0 Å². The summed E-state index contributed by atoms with van der Waals surface area (Å²) in [6.45, 7) is 11.6. The van der Waals surface area contributed by atoms with Crippen LogP contribution in [0.5, 0.6) is 0 Å². The fraction of sp³-hybridized carbons (Fsp3) is 1.00. The van der Waals surface area contributed by atoms with Crippen LogP contribution in [-0.4, -0.2) is 12.1 Å². The van der Waals surface area contributed by atoms with E-state index in [1.54, 1.807) is 0 Å². The molecule has 0 aromatic rings. The first-order valence-corrected chi connectivity index (χ1v) is 7.86. The van der Waals surface area contributed by atoms with E-state index in [4.69, 9.17) is 0 Å². The molecule has 0 aliphatic rings. The van der Waals surface area contributed by atoms with Crippen molar-refractivity contribution in [2.75, 3.05) is 0 Å². The minimum Gasteiger partial charge on any atom is -0.312 e. The van der Waals surface area contributed by atoms with Crippen LogP contribution in [0.3, 0.4) is 0 Å². The van der Waals surface area contributed by atoms with Crippen molar-refractivity contribution in [3.05, 3.63) is 0 Å². The molecule has 1 nitrogen and oxygen atoms in total. The normalized spacial score (nSPS) is 16.8. The summed E-state index contributed by atoms with van der Waals surface area (Å²) < 4.78 is 0. The lowest BCUT2D eigenvalue weighted by Gasteiger charge is -2.22. The van der Waals surface area contributed by atoms with E-state index in [0.717, 1.165) is 5.92 Å². The highest BCUT2D eigenvalue weighted by Gasteiger charge is 2.09. The maximum absolute atomic E-state index is 3.74. The summed E-state index contributed by atoms with van der Waals surface area (Å²) in [5, 5.41) is 3.74. The van der Waals surface area contributed by atoms with Gasteiger partial charge >= 0.3 is 0 Å². The average Bonchev–Trinajstić information content (AvgIpc) is 2.28. The van der Waals surface area contributed by atoms with Crippen molar-refractivity contribution in [1.29, 1.82) is 0 Å². The van der Waals surface area contributed by atoms with E-state index < -0.39 is 0 Å². The van der Waals surface area contributed by atoms with Crippen LogP contribution in [0.1, 0.15) is 86.0 Å². The molecule has 17 heavy (non-hydrogen) atoms. The SMILES string of the molecule is CCCCCCCC(C)NC(C)CC(C)CC. The standard InChI is InChI=1S/C16H35N/c1-6-8-9-10-11-12-15(4)17-16(5)13-14(3)7-2/h14-17H,6-13H2,1-5H3. The molecule has 104 valence electrons. The van der Waals surface area contributed by atoms with Gasteiger partial charge < -0.3 is 5.32 Å². The maximum atomic E-state index is 3.74. The topological polar surface area (TPSA) is 12.0 Å². The first kappa shape index (κ1) is 17.0. The fourth-order valence-corrected chi connectivity index (χ4v) is 2.46. The Bertz CT molecular complexity index is 156. The van der Waals surface area contributed by atoms with Gasteiger partial charge in [0.1, 0.15) is 0 Å². The number of rotatable bonds is 11. The van der Waals surface area contributed by atoms with Crippen LogP contribution in [0.15, 0.2) is 0 Å². The van der Waals surface area contributed by atoms with Gasteiger partial charge in [0.15, 0.2) is 0 Å². The quantitative estimate of drug-likeness (QED) is 0.493. The lowest BCUT2D eigenvalue weighted by molar-refractivity contribution is 0.367. The summed E-state index contributed by atoms with van der Waals surface area (Å²) in [6.07, 6.45) is 10.9. The van der Waals surface area contributed by atoms with Crippen molar-refractivity contribution in [3.8, 4) is 0 Å². The van der Waals surface area contributed by atoms with Gasteiger partial charge in [0.2, 0.25) is 0 Å². The molecular weight excluding hydrogens is 206 g/mol. The second-order valence-electron chi connectivity index (χ2n) is 5.92. The molecule has 0 radical (unpaired) electrons. The molecule has 0 rings (SSSR count). The van der Waals surface area contributed by atoms with Gasteiger partial charge in [-0.25, -0.2) is 0 Å². The molecule has 0 saturated carbocycles. The van der Waals surface area contributed by atoms with E-state index >= 15 is 0 Å². The van der Waals surface area contributed by atoms with Gasteiger partial charge in [-0.05, 0) is 32.6 Å². The van der Waals surface area contributed by atoms with Crippen molar-refractivity contribution in [2.24, 2.45) is 5.92 Å². The Morgan fingerprint density at radius 1 is 0.824 bits per heavy atom. The molecule has 3 atom stereocenters.